The molecule has 0 atom stereocenters. The van der Waals surface area contributed by atoms with Crippen molar-refractivity contribution in [1.29, 1.82) is 0 Å². The molecule has 0 unspecified atom stereocenters. The minimum Gasteiger partial charge on any atom is -0.465 e. The number of nitrogens with one attached hydrogen (secondary N) is 2. The molecular formula is C27H37N3O2. The lowest BCUT2D eigenvalue weighted by molar-refractivity contribution is 0.0600. The molecule has 2 aliphatic carbocycles. The number of hydrogen-bond acceptors (Lipinski definition) is 4. The quantitative estimate of drug-likeness (QED) is 0.411. The van der Waals surface area contributed by atoms with Gasteiger partial charge in [0, 0.05) is 34.2 Å². The van der Waals surface area contributed by atoms with Gasteiger partial charge in [-0.1, -0.05) is 56.7 Å². The van der Waals surface area contributed by atoms with E-state index in [1.54, 1.807) is 0 Å². The fourth-order valence-corrected chi connectivity index (χ4v) is 5.38. The zero-order valence-corrected chi connectivity index (χ0v) is 19.8. The van der Waals surface area contributed by atoms with Gasteiger partial charge in [-0.15, -0.1) is 0 Å². The molecule has 0 amide bonds. The molecule has 2 fully saturated rings. The Labute approximate surface area is 192 Å². The zero-order valence-electron chi connectivity index (χ0n) is 19.8. The van der Waals surface area contributed by atoms with E-state index in [1.807, 2.05) is 13.8 Å². The van der Waals surface area contributed by atoms with E-state index in [0.29, 0.717) is 17.6 Å². The Bertz CT molecular complexity index is 963. The van der Waals surface area contributed by atoms with E-state index in [9.17, 15) is 4.79 Å². The van der Waals surface area contributed by atoms with Crippen LogP contribution in [0.25, 0.3) is 0 Å². The SMILES string of the molecule is COC(=O)c1c(C)[nH]c(C)c1C(=NC1CCCCC1)c1ccccc1NC1CCCCC1. The highest BCUT2D eigenvalue weighted by Crippen LogP contribution is 2.31. The fourth-order valence-electron chi connectivity index (χ4n) is 5.38. The second-order valence-electron chi connectivity index (χ2n) is 9.41. The number of carbonyl (C=O) groups is 1. The van der Waals surface area contributed by atoms with Crippen LogP contribution in [0.15, 0.2) is 29.3 Å². The Morgan fingerprint density at radius 2 is 1.56 bits per heavy atom. The first kappa shape index (κ1) is 22.6. The Morgan fingerprint density at radius 1 is 0.938 bits per heavy atom. The van der Waals surface area contributed by atoms with Crippen molar-refractivity contribution < 1.29 is 9.53 Å². The molecule has 1 aromatic carbocycles. The van der Waals surface area contributed by atoms with E-state index in [-0.39, 0.29) is 5.97 Å². The number of hydrogen-bond donors (Lipinski definition) is 2. The van der Waals surface area contributed by atoms with Crippen LogP contribution >= 0.6 is 0 Å². The fraction of sp³-hybridized carbons (Fsp3) is 0.556. The van der Waals surface area contributed by atoms with Crippen molar-refractivity contribution in [3.8, 4) is 0 Å². The Hall–Kier alpha value is -2.56. The lowest BCUT2D eigenvalue weighted by Gasteiger charge is -2.26. The topological polar surface area (TPSA) is 66.5 Å². The molecule has 32 heavy (non-hydrogen) atoms. The van der Waals surface area contributed by atoms with Gasteiger partial charge < -0.3 is 15.0 Å². The van der Waals surface area contributed by atoms with Crippen LogP contribution in [0.3, 0.4) is 0 Å². The van der Waals surface area contributed by atoms with Crippen molar-refractivity contribution >= 4 is 17.4 Å². The molecule has 5 nitrogen and oxygen atoms in total. The predicted molar refractivity (Wildman–Crippen MR) is 131 cm³/mol. The standard InChI is InChI=1S/C27H37N3O2/c1-18-24(25(19(2)28-18)27(31)32-3)26(30-21-14-8-5-9-15-21)22-16-10-11-17-23(22)29-20-12-6-4-7-13-20/h10-11,16-17,20-21,28-29H,4-9,12-15H2,1-3H3. The van der Waals surface area contributed by atoms with Crippen LogP contribution in [-0.4, -0.2) is 35.9 Å². The highest BCUT2D eigenvalue weighted by atomic mass is 16.5. The van der Waals surface area contributed by atoms with Crippen molar-refractivity contribution in [3.63, 3.8) is 0 Å². The maximum atomic E-state index is 12.8. The minimum absolute atomic E-state index is 0.293. The molecule has 2 saturated carbocycles. The van der Waals surface area contributed by atoms with Crippen LogP contribution in [0.4, 0.5) is 5.69 Å². The molecule has 0 aliphatic heterocycles. The number of nitrogens with zero attached hydrogens (tertiary/aromatic N) is 1. The van der Waals surface area contributed by atoms with Gasteiger partial charge in [-0.05, 0) is 45.6 Å². The number of aromatic nitrogens is 1. The van der Waals surface area contributed by atoms with Gasteiger partial charge in [-0.25, -0.2) is 4.79 Å². The van der Waals surface area contributed by atoms with Crippen molar-refractivity contribution in [2.75, 3.05) is 12.4 Å². The van der Waals surface area contributed by atoms with E-state index in [2.05, 4.69) is 34.6 Å². The minimum atomic E-state index is -0.309. The van der Waals surface area contributed by atoms with Gasteiger partial charge in [0.15, 0.2) is 0 Å². The van der Waals surface area contributed by atoms with Gasteiger partial charge >= 0.3 is 5.97 Å². The summed E-state index contributed by atoms with van der Waals surface area (Å²) in [6.07, 6.45) is 12.3. The molecule has 0 bridgehead atoms. The largest absolute Gasteiger partial charge is 0.465 e. The van der Waals surface area contributed by atoms with E-state index < -0.39 is 0 Å². The Kier molecular flexibility index (Phi) is 7.33. The highest BCUT2D eigenvalue weighted by molar-refractivity contribution is 6.21. The molecule has 2 N–H and O–H groups in total. The number of esters is 1. The average molecular weight is 436 g/mol. The number of aryl methyl sites for hydroxylation is 2. The summed E-state index contributed by atoms with van der Waals surface area (Å²) < 4.78 is 5.17. The van der Waals surface area contributed by atoms with Gasteiger partial charge in [-0.2, -0.15) is 0 Å². The lowest BCUT2D eigenvalue weighted by atomic mass is 9.92. The maximum absolute atomic E-state index is 12.8. The van der Waals surface area contributed by atoms with Gasteiger partial charge in [0.2, 0.25) is 0 Å². The van der Waals surface area contributed by atoms with Crippen LogP contribution in [0.5, 0.6) is 0 Å². The molecule has 172 valence electrons. The summed E-state index contributed by atoms with van der Waals surface area (Å²) in [7, 11) is 1.45. The Morgan fingerprint density at radius 3 is 2.25 bits per heavy atom. The maximum Gasteiger partial charge on any atom is 0.340 e. The molecule has 2 aliphatic rings. The summed E-state index contributed by atoms with van der Waals surface area (Å²) >= 11 is 0. The molecule has 2 aromatic rings. The second kappa shape index (κ2) is 10.4. The number of H-pyrrole nitrogens is 1. The second-order valence-corrected chi connectivity index (χ2v) is 9.41. The monoisotopic (exact) mass is 435 g/mol. The van der Waals surface area contributed by atoms with E-state index in [0.717, 1.165) is 46.8 Å². The van der Waals surface area contributed by atoms with Crippen molar-refractivity contribution in [1.82, 2.24) is 4.98 Å². The van der Waals surface area contributed by atoms with Gasteiger partial charge in [0.25, 0.3) is 0 Å². The smallest absolute Gasteiger partial charge is 0.340 e. The number of anilines is 1. The third-order valence-corrected chi connectivity index (χ3v) is 7.03. The molecule has 1 heterocycles. The number of carbonyl (C=O) groups excluding carboxylic acids is 1. The summed E-state index contributed by atoms with van der Waals surface area (Å²) in [5.41, 5.74) is 6.39. The van der Waals surface area contributed by atoms with Crippen LogP contribution < -0.4 is 5.32 Å². The number of aliphatic imine (C=N–C) groups is 1. The summed E-state index contributed by atoms with van der Waals surface area (Å²) in [5, 5.41) is 3.82. The van der Waals surface area contributed by atoms with Crippen molar-refractivity contribution in [2.45, 2.75) is 90.1 Å². The zero-order chi connectivity index (χ0) is 22.5. The molecule has 4 rings (SSSR count). The van der Waals surface area contributed by atoms with Crippen molar-refractivity contribution in [3.05, 3.63) is 52.3 Å². The molecule has 0 spiro atoms. The van der Waals surface area contributed by atoms with Gasteiger partial charge in [0.05, 0.1) is 24.4 Å². The van der Waals surface area contributed by atoms with Crippen molar-refractivity contribution in [2.24, 2.45) is 4.99 Å². The van der Waals surface area contributed by atoms with Crippen LogP contribution in [0, 0.1) is 13.8 Å². The predicted octanol–water partition coefficient (Wildman–Crippen LogP) is 6.33. The van der Waals surface area contributed by atoms with E-state index in [1.165, 1.54) is 58.5 Å². The first-order valence-electron chi connectivity index (χ1n) is 12.3. The third kappa shape index (κ3) is 4.92. The number of rotatable bonds is 6. The number of para-hydroxylation sites is 1. The number of methoxy groups -OCH3 is 1. The van der Waals surface area contributed by atoms with Crippen LogP contribution in [0.2, 0.25) is 0 Å². The van der Waals surface area contributed by atoms with Crippen LogP contribution in [-0.2, 0) is 4.74 Å². The first-order chi connectivity index (χ1) is 15.6. The summed E-state index contributed by atoms with van der Waals surface area (Å²) in [5.74, 6) is -0.309. The van der Waals surface area contributed by atoms with Gasteiger partial charge in [0.1, 0.15) is 0 Å². The lowest BCUT2D eigenvalue weighted by Crippen LogP contribution is -2.24. The van der Waals surface area contributed by atoms with Gasteiger partial charge in [-0.3, -0.25) is 4.99 Å². The third-order valence-electron chi connectivity index (χ3n) is 7.03. The number of aromatic amines is 1. The highest BCUT2D eigenvalue weighted by Gasteiger charge is 2.27. The molecule has 0 radical (unpaired) electrons. The first-order valence-corrected chi connectivity index (χ1v) is 12.3. The molecule has 0 saturated heterocycles. The molecule has 1 aromatic heterocycles. The van der Waals surface area contributed by atoms with E-state index >= 15 is 0 Å². The normalized spacial score (nSPS) is 18.5. The Balaban J connectivity index is 1.82. The summed E-state index contributed by atoms with van der Waals surface area (Å²) in [6.45, 7) is 3.97. The molecular weight excluding hydrogens is 398 g/mol. The number of ether oxygens (including phenoxy) is 1. The average Bonchev–Trinajstić information content (AvgIpc) is 3.12. The van der Waals surface area contributed by atoms with E-state index in [4.69, 9.17) is 9.73 Å². The molecule has 5 heteroatoms. The summed E-state index contributed by atoms with van der Waals surface area (Å²) in [4.78, 5) is 21.5. The van der Waals surface area contributed by atoms with Crippen LogP contribution in [0.1, 0.15) is 97.1 Å². The number of benzene rings is 1. The summed E-state index contributed by atoms with van der Waals surface area (Å²) in [6, 6.07) is 9.26.